The molecule has 8 heteroatoms. The van der Waals surface area contributed by atoms with Crippen LogP contribution in [0.2, 0.25) is 10.0 Å². The number of hydrogen-bond acceptors (Lipinski definition) is 5. The summed E-state index contributed by atoms with van der Waals surface area (Å²) in [5.74, 6) is 7.47. The maximum atomic E-state index is 6.53. The molecule has 0 amide bonds. The van der Waals surface area contributed by atoms with Gasteiger partial charge in [0.2, 0.25) is 0 Å². The Balaban J connectivity index is 1.89. The molecule has 0 N–H and O–H groups in total. The van der Waals surface area contributed by atoms with Gasteiger partial charge in [-0.25, -0.2) is 4.68 Å². The summed E-state index contributed by atoms with van der Waals surface area (Å²) in [7, 11) is 0. The van der Waals surface area contributed by atoms with Crippen LogP contribution >= 0.6 is 34.5 Å². The van der Waals surface area contributed by atoms with E-state index in [1.807, 2.05) is 30.7 Å². The van der Waals surface area contributed by atoms with Gasteiger partial charge < -0.3 is 4.52 Å². The molecule has 1 aromatic carbocycles. The first kappa shape index (κ1) is 21.6. The van der Waals surface area contributed by atoms with E-state index < -0.39 is 0 Å². The Hall–Kier alpha value is -2.59. The Morgan fingerprint density at radius 2 is 2.00 bits per heavy atom. The Labute approximate surface area is 195 Å². The van der Waals surface area contributed by atoms with Crippen LogP contribution in [0.5, 0.6) is 0 Å². The first-order valence-corrected chi connectivity index (χ1v) is 11.6. The SMILES string of the molecule is CCCC#Cc1ccc(-c2c(C)c(-c3nc(CC)no3)nn2-c2ccc(Cl)cc2Cl)s1. The van der Waals surface area contributed by atoms with Gasteiger partial charge in [0.05, 0.1) is 26.2 Å². The van der Waals surface area contributed by atoms with Crippen molar-refractivity contribution in [3.05, 3.63) is 56.6 Å². The molecule has 0 aliphatic carbocycles. The van der Waals surface area contributed by atoms with Crippen LogP contribution in [0.3, 0.4) is 0 Å². The molecule has 3 aromatic heterocycles. The second-order valence-corrected chi connectivity index (χ2v) is 8.84. The second kappa shape index (κ2) is 9.27. The van der Waals surface area contributed by atoms with E-state index in [4.69, 9.17) is 32.8 Å². The van der Waals surface area contributed by atoms with Gasteiger partial charge in [-0.2, -0.15) is 10.1 Å². The summed E-state index contributed by atoms with van der Waals surface area (Å²) in [6, 6.07) is 9.44. The lowest BCUT2D eigenvalue weighted by Crippen LogP contribution is -2.00. The van der Waals surface area contributed by atoms with Crippen LogP contribution in [0.25, 0.3) is 27.8 Å². The highest BCUT2D eigenvalue weighted by atomic mass is 35.5. The first-order valence-electron chi connectivity index (χ1n) is 9.98. The van der Waals surface area contributed by atoms with E-state index in [1.54, 1.807) is 23.5 Å². The molecule has 0 saturated heterocycles. The van der Waals surface area contributed by atoms with Gasteiger partial charge in [-0.05, 0) is 43.7 Å². The van der Waals surface area contributed by atoms with Crippen LogP contribution in [0.1, 0.15) is 43.0 Å². The van der Waals surface area contributed by atoms with E-state index >= 15 is 0 Å². The molecule has 0 atom stereocenters. The molecule has 158 valence electrons. The summed E-state index contributed by atoms with van der Waals surface area (Å²) in [6.07, 6.45) is 2.61. The zero-order valence-electron chi connectivity index (χ0n) is 17.4. The van der Waals surface area contributed by atoms with Crippen LogP contribution in [-0.2, 0) is 6.42 Å². The van der Waals surface area contributed by atoms with Crippen molar-refractivity contribution in [3.8, 4) is 39.7 Å². The molecule has 0 saturated carbocycles. The lowest BCUT2D eigenvalue weighted by atomic mass is 10.1. The van der Waals surface area contributed by atoms with E-state index in [1.165, 1.54) is 0 Å². The maximum absolute atomic E-state index is 6.53. The van der Waals surface area contributed by atoms with Crippen LogP contribution < -0.4 is 0 Å². The van der Waals surface area contributed by atoms with E-state index in [2.05, 4.69) is 35.0 Å². The number of unbranched alkanes of at least 4 members (excludes halogenated alkanes) is 1. The van der Waals surface area contributed by atoms with Crippen LogP contribution in [0.4, 0.5) is 0 Å². The lowest BCUT2D eigenvalue weighted by Gasteiger charge is -2.09. The smallest absolute Gasteiger partial charge is 0.278 e. The van der Waals surface area contributed by atoms with Crippen molar-refractivity contribution in [2.75, 3.05) is 0 Å². The van der Waals surface area contributed by atoms with Crippen LogP contribution in [0.15, 0.2) is 34.9 Å². The maximum Gasteiger partial charge on any atom is 0.278 e. The number of nitrogens with zero attached hydrogens (tertiary/aromatic N) is 4. The molecule has 4 rings (SSSR count). The van der Waals surface area contributed by atoms with Gasteiger partial charge in [0.1, 0.15) is 0 Å². The normalized spacial score (nSPS) is 10.9. The van der Waals surface area contributed by atoms with E-state index in [9.17, 15) is 0 Å². The summed E-state index contributed by atoms with van der Waals surface area (Å²) in [5.41, 5.74) is 3.18. The van der Waals surface area contributed by atoms with Crippen molar-refractivity contribution in [1.29, 1.82) is 0 Å². The monoisotopic (exact) mass is 470 g/mol. The largest absolute Gasteiger partial charge is 0.332 e. The van der Waals surface area contributed by atoms with Gasteiger partial charge in [0.15, 0.2) is 11.5 Å². The van der Waals surface area contributed by atoms with Crippen molar-refractivity contribution in [3.63, 3.8) is 0 Å². The number of aryl methyl sites for hydroxylation is 1. The number of rotatable bonds is 5. The minimum absolute atomic E-state index is 0.388. The Morgan fingerprint density at radius 1 is 1.16 bits per heavy atom. The predicted octanol–water partition coefficient (Wildman–Crippen LogP) is 6.98. The number of aromatic nitrogens is 4. The average Bonchev–Trinajstić information content (AvgIpc) is 3.47. The van der Waals surface area contributed by atoms with Crippen molar-refractivity contribution >= 4 is 34.5 Å². The fourth-order valence-electron chi connectivity index (χ4n) is 3.12. The fraction of sp³-hybridized carbons (Fsp3) is 0.261. The third kappa shape index (κ3) is 4.40. The minimum atomic E-state index is 0.388. The van der Waals surface area contributed by atoms with E-state index in [0.29, 0.717) is 33.9 Å². The predicted molar refractivity (Wildman–Crippen MR) is 126 cm³/mol. The van der Waals surface area contributed by atoms with Gasteiger partial charge in [0.25, 0.3) is 5.89 Å². The van der Waals surface area contributed by atoms with Gasteiger partial charge in [-0.1, -0.05) is 54.0 Å². The summed E-state index contributed by atoms with van der Waals surface area (Å²) < 4.78 is 7.29. The molecule has 0 bridgehead atoms. The second-order valence-electron chi connectivity index (χ2n) is 6.91. The first-order chi connectivity index (χ1) is 15.0. The van der Waals surface area contributed by atoms with Crippen molar-refractivity contribution in [2.24, 2.45) is 0 Å². The van der Waals surface area contributed by atoms with Gasteiger partial charge >= 0.3 is 0 Å². The summed E-state index contributed by atoms with van der Waals surface area (Å²) in [6.45, 7) is 6.09. The highest BCUT2D eigenvalue weighted by Gasteiger charge is 2.24. The molecule has 0 fully saturated rings. The summed E-state index contributed by atoms with van der Waals surface area (Å²) >= 11 is 14.3. The molecule has 0 radical (unpaired) electrons. The molecular formula is C23H20Cl2N4OS. The number of thiophene rings is 1. The Morgan fingerprint density at radius 3 is 2.71 bits per heavy atom. The molecule has 31 heavy (non-hydrogen) atoms. The quantitative estimate of drug-likeness (QED) is 0.295. The zero-order chi connectivity index (χ0) is 22.0. The molecule has 0 unspecified atom stereocenters. The highest BCUT2D eigenvalue weighted by molar-refractivity contribution is 7.16. The molecule has 3 heterocycles. The molecular weight excluding hydrogens is 451 g/mol. The zero-order valence-corrected chi connectivity index (χ0v) is 19.7. The van der Waals surface area contributed by atoms with Crippen LogP contribution in [0, 0.1) is 18.8 Å². The van der Waals surface area contributed by atoms with Crippen LogP contribution in [-0.4, -0.2) is 19.9 Å². The van der Waals surface area contributed by atoms with E-state index in [0.717, 1.165) is 39.5 Å². The van der Waals surface area contributed by atoms with Gasteiger partial charge in [-0.3, -0.25) is 0 Å². The molecule has 5 nitrogen and oxygen atoms in total. The number of hydrogen-bond donors (Lipinski definition) is 0. The number of benzene rings is 1. The fourth-order valence-corrected chi connectivity index (χ4v) is 4.57. The van der Waals surface area contributed by atoms with Crippen molar-refractivity contribution in [1.82, 2.24) is 19.9 Å². The summed E-state index contributed by atoms with van der Waals surface area (Å²) in [5, 5.41) is 9.90. The van der Waals surface area contributed by atoms with Crippen molar-refractivity contribution < 1.29 is 4.52 Å². The number of halogens is 2. The van der Waals surface area contributed by atoms with Gasteiger partial charge in [-0.15, -0.1) is 11.3 Å². The highest BCUT2D eigenvalue weighted by Crippen LogP contribution is 2.38. The molecule has 0 spiro atoms. The summed E-state index contributed by atoms with van der Waals surface area (Å²) in [4.78, 5) is 6.50. The minimum Gasteiger partial charge on any atom is -0.332 e. The van der Waals surface area contributed by atoms with Gasteiger partial charge in [0, 0.05) is 23.4 Å². The Bertz CT molecular complexity index is 1290. The Kier molecular flexibility index (Phi) is 6.47. The topological polar surface area (TPSA) is 56.7 Å². The molecule has 4 aromatic rings. The standard InChI is InChI=1S/C23H20Cl2N4OS/c1-4-6-7-8-16-10-12-19(31-16)22-14(3)21(23-26-20(5-2)28-30-23)27-29(22)18-11-9-15(24)13-17(18)25/h9-13H,4-6H2,1-3H3. The third-order valence-corrected chi connectivity index (χ3v) is 6.22. The lowest BCUT2D eigenvalue weighted by molar-refractivity contribution is 0.421. The molecule has 0 aliphatic heterocycles. The molecule has 0 aliphatic rings. The third-order valence-electron chi connectivity index (χ3n) is 4.67. The van der Waals surface area contributed by atoms with E-state index in [-0.39, 0.29) is 0 Å². The average molecular weight is 471 g/mol. The van der Waals surface area contributed by atoms with Crippen molar-refractivity contribution in [2.45, 2.75) is 40.0 Å².